The van der Waals surface area contributed by atoms with E-state index in [2.05, 4.69) is 33.5 Å². The van der Waals surface area contributed by atoms with E-state index < -0.39 is 0 Å². The molecule has 3 saturated carbocycles. The molecule has 104 valence electrons. The molecule has 0 spiro atoms. The maximum atomic E-state index is 4.39. The van der Waals surface area contributed by atoms with Gasteiger partial charge in [0.2, 0.25) is 0 Å². The van der Waals surface area contributed by atoms with Crippen molar-refractivity contribution < 1.29 is 0 Å². The Labute approximate surface area is 119 Å². The van der Waals surface area contributed by atoms with Crippen LogP contribution in [0, 0.1) is 5.92 Å². The lowest BCUT2D eigenvalue weighted by Crippen LogP contribution is -2.51. The first-order valence-corrected chi connectivity index (χ1v) is 7.78. The highest BCUT2D eigenvalue weighted by atomic mass is 15.0. The minimum absolute atomic E-state index is 0.423. The molecule has 0 aliphatic heterocycles. The molecule has 0 atom stereocenters. The summed E-state index contributed by atoms with van der Waals surface area (Å²) < 4.78 is 0. The maximum Gasteiger partial charge on any atom is 0.0890 e. The molecule has 0 amide bonds. The van der Waals surface area contributed by atoms with Crippen LogP contribution in [-0.2, 0) is 6.54 Å². The minimum atomic E-state index is 0.423. The number of hydrogen-bond donors (Lipinski definition) is 1. The van der Waals surface area contributed by atoms with Crippen LogP contribution >= 0.6 is 0 Å². The fourth-order valence-electron chi connectivity index (χ4n) is 3.92. The SMILES string of the molecule is c1cnc2cc(CNC34CCC(CC3)CC4)ccc2n1. The Bertz CT molecular complexity index is 601. The van der Waals surface area contributed by atoms with Gasteiger partial charge < -0.3 is 5.32 Å². The van der Waals surface area contributed by atoms with Crippen LogP contribution in [0.5, 0.6) is 0 Å². The third-order valence-corrected chi connectivity index (χ3v) is 5.29. The van der Waals surface area contributed by atoms with Crippen molar-refractivity contribution in [2.75, 3.05) is 0 Å². The van der Waals surface area contributed by atoms with Gasteiger partial charge in [-0.1, -0.05) is 6.07 Å². The molecule has 3 aliphatic rings. The lowest BCUT2D eigenvalue weighted by atomic mass is 9.66. The molecule has 1 aromatic carbocycles. The summed E-state index contributed by atoms with van der Waals surface area (Å²) in [5.74, 6) is 1.02. The second-order valence-corrected chi connectivity index (χ2v) is 6.50. The fraction of sp³-hybridized carbons (Fsp3) is 0.529. The summed E-state index contributed by atoms with van der Waals surface area (Å²) in [6, 6.07) is 6.42. The molecule has 3 heteroatoms. The molecule has 1 N–H and O–H groups in total. The third-order valence-electron chi connectivity index (χ3n) is 5.29. The Balaban J connectivity index is 1.50. The van der Waals surface area contributed by atoms with E-state index in [0.29, 0.717) is 5.54 Å². The summed E-state index contributed by atoms with van der Waals surface area (Å²) in [6.45, 7) is 0.956. The van der Waals surface area contributed by atoms with Crippen molar-refractivity contribution in [1.29, 1.82) is 0 Å². The second-order valence-electron chi connectivity index (χ2n) is 6.50. The molecule has 0 unspecified atom stereocenters. The standard InChI is InChI=1S/C17H21N3/c1-2-15-16(19-10-9-18-15)11-14(1)12-20-17-6-3-13(4-7-17)5-8-17/h1-2,9-11,13,20H,3-8,12H2. The van der Waals surface area contributed by atoms with Gasteiger partial charge in [-0.3, -0.25) is 9.97 Å². The molecule has 3 fully saturated rings. The van der Waals surface area contributed by atoms with E-state index in [0.717, 1.165) is 23.5 Å². The highest BCUT2D eigenvalue weighted by molar-refractivity contribution is 5.74. The van der Waals surface area contributed by atoms with Crippen LogP contribution in [0.1, 0.15) is 44.1 Å². The van der Waals surface area contributed by atoms with Gasteiger partial charge in [0.05, 0.1) is 11.0 Å². The first-order valence-electron chi connectivity index (χ1n) is 7.78. The Morgan fingerprint density at radius 1 is 1.00 bits per heavy atom. The quantitative estimate of drug-likeness (QED) is 0.925. The molecule has 0 saturated heterocycles. The van der Waals surface area contributed by atoms with Crippen molar-refractivity contribution in [2.24, 2.45) is 5.92 Å². The number of benzene rings is 1. The molecule has 1 heterocycles. The van der Waals surface area contributed by atoms with Crippen LogP contribution in [0.4, 0.5) is 0 Å². The normalized spacial score (nSPS) is 28.9. The first kappa shape index (κ1) is 12.3. The van der Waals surface area contributed by atoms with Crippen molar-refractivity contribution >= 4 is 11.0 Å². The molecule has 5 rings (SSSR count). The molecule has 2 aromatic rings. The van der Waals surface area contributed by atoms with E-state index in [-0.39, 0.29) is 0 Å². The van der Waals surface area contributed by atoms with Crippen LogP contribution in [0.25, 0.3) is 11.0 Å². The van der Waals surface area contributed by atoms with Crippen molar-refractivity contribution in [2.45, 2.75) is 50.6 Å². The largest absolute Gasteiger partial charge is 0.307 e. The van der Waals surface area contributed by atoms with Crippen molar-refractivity contribution in [1.82, 2.24) is 15.3 Å². The number of fused-ring (bicyclic) bond motifs is 4. The third kappa shape index (κ3) is 2.20. The average molecular weight is 267 g/mol. The lowest BCUT2D eigenvalue weighted by Gasteiger charge is -2.47. The van der Waals surface area contributed by atoms with Crippen molar-refractivity contribution in [3.63, 3.8) is 0 Å². The Morgan fingerprint density at radius 3 is 2.45 bits per heavy atom. The lowest BCUT2D eigenvalue weighted by molar-refractivity contribution is 0.104. The van der Waals surface area contributed by atoms with Gasteiger partial charge in [-0.05, 0) is 62.1 Å². The number of nitrogens with one attached hydrogen (secondary N) is 1. The predicted octanol–water partition coefficient (Wildman–Crippen LogP) is 3.44. The van der Waals surface area contributed by atoms with Crippen LogP contribution in [0.15, 0.2) is 30.6 Å². The highest BCUT2D eigenvalue weighted by Gasteiger charge is 2.39. The zero-order chi connectivity index (χ0) is 13.4. The van der Waals surface area contributed by atoms with Gasteiger partial charge in [0.15, 0.2) is 0 Å². The van der Waals surface area contributed by atoms with E-state index >= 15 is 0 Å². The van der Waals surface area contributed by atoms with Crippen LogP contribution in [0.3, 0.4) is 0 Å². The second kappa shape index (κ2) is 4.81. The summed E-state index contributed by atoms with van der Waals surface area (Å²) in [5.41, 5.74) is 3.72. The van der Waals surface area contributed by atoms with E-state index in [9.17, 15) is 0 Å². The van der Waals surface area contributed by atoms with E-state index in [1.165, 1.54) is 44.1 Å². The molecule has 3 nitrogen and oxygen atoms in total. The van der Waals surface area contributed by atoms with Gasteiger partial charge in [0, 0.05) is 24.5 Å². The van der Waals surface area contributed by atoms with Gasteiger partial charge in [-0.15, -0.1) is 0 Å². The van der Waals surface area contributed by atoms with E-state index in [1.54, 1.807) is 12.4 Å². The van der Waals surface area contributed by atoms with E-state index in [4.69, 9.17) is 0 Å². The fourth-order valence-corrected chi connectivity index (χ4v) is 3.92. The monoisotopic (exact) mass is 267 g/mol. The topological polar surface area (TPSA) is 37.8 Å². The summed E-state index contributed by atoms with van der Waals surface area (Å²) in [6.07, 6.45) is 11.9. The number of rotatable bonds is 3. The smallest absolute Gasteiger partial charge is 0.0890 e. The first-order chi connectivity index (χ1) is 9.83. The Kier molecular flexibility index (Phi) is 2.95. The highest BCUT2D eigenvalue weighted by Crippen LogP contribution is 2.44. The van der Waals surface area contributed by atoms with E-state index in [1.807, 2.05) is 0 Å². The number of hydrogen-bond acceptors (Lipinski definition) is 3. The van der Waals surface area contributed by atoms with Crippen LogP contribution < -0.4 is 5.32 Å². The zero-order valence-corrected chi connectivity index (χ0v) is 11.8. The zero-order valence-electron chi connectivity index (χ0n) is 11.8. The molecular weight excluding hydrogens is 246 g/mol. The van der Waals surface area contributed by atoms with Crippen molar-refractivity contribution in [3.05, 3.63) is 36.2 Å². The van der Waals surface area contributed by atoms with Gasteiger partial charge in [0.1, 0.15) is 0 Å². The molecule has 2 bridgehead atoms. The van der Waals surface area contributed by atoms with Gasteiger partial charge in [-0.25, -0.2) is 0 Å². The van der Waals surface area contributed by atoms with Gasteiger partial charge in [-0.2, -0.15) is 0 Å². The molecule has 1 aromatic heterocycles. The predicted molar refractivity (Wildman–Crippen MR) is 80.3 cm³/mol. The van der Waals surface area contributed by atoms with Gasteiger partial charge >= 0.3 is 0 Å². The molecule has 3 aliphatic carbocycles. The molecule has 0 radical (unpaired) electrons. The Hall–Kier alpha value is -1.48. The number of nitrogens with zero attached hydrogens (tertiary/aromatic N) is 2. The summed E-state index contributed by atoms with van der Waals surface area (Å²) >= 11 is 0. The Morgan fingerprint density at radius 2 is 1.70 bits per heavy atom. The summed E-state index contributed by atoms with van der Waals surface area (Å²) in [4.78, 5) is 8.72. The minimum Gasteiger partial charge on any atom is -0.307 e. The van der Waals surface area contributed by atoms with Gasteiger partial charge in [0.25, 0.3) is 0 Å². The number of aromatic nitrogens is 2. The summed E-state index contributed by atoms with van der Waals surface area (Å²) in [7, 11) is 0. The summed E-state index contributed by atoms with van der Waals surface area (Å²) in [5, 5.41) is 3.86. The van der Waals surface area contributed by atoms with Crippen LogP contribution in [0.2, 0.25) is 0 Å². The average Bonchev–Trinajstić information content (AvgIpc) is 2.55. The van der Waals surface area contributed by atoms with Crippen molar-refractivity contribution in [3.8, 4) is 0 Å². The maximum absolute atomic E-state index is 4.39. The molecule has 20 heavy (non-hydrogen) atoms. The molecular formula is C17H21N3. The van der Waals surface area contributed by atoms with Crippen LogP contribution in [-0.4, -0.2) is 15.5 Å².